The summed E-state index contributed by atoms with van der Waals surface area (Å²) < 4.78 is 7.56. The Morgan fingerprint density at radius 3 is 2.57 bits per heavy atom. The fraction of sp³-hybridized carbons (Fsp3) is 0.250. The van der Waals surface area contributed by atoms with Gasteiger partial charge in [-0.1, -0.05) is 44.0 Å². The third-order valence-electron chi connectivity index (χ3n) is 3.45. The standard InChI is InChI=1S/C16H18Br2N2O/c1-10-7-11(3-5-14(10)18)15(20-19)9-12-8-13(17)4-6-16(12)21-2/h3-8,15,20H,9,19H2,1-2H3. The van der Waals surface area contributed by atoms with Crippen LogP contribution in [0.1, 0.15) is 22.7 Å². The quantitative estimate of drug-likeness (QED) is 0.568. The Bertz CT molecular complexity index is 632. The summed E-state index contributed by atoms with van der Waals surface area (Å²) in [6.45, 7) is 2.07. The van der Waals surface area contributed by atoms with Crippen LogP contribution in [0.2, 0.25) is 0 Å². The normalized spacial score (nSPS) is 12.2. The molecule has 0 saturated heterocycles. The number of methoxy groups -OCH3 is 1. The molecule has 0 spiro atoms. The van der Waals surface area contributed by atoms with Crippen molar-refractivity contribution >= 4 is 31.9 Å². The van der Waals surface area contributed by atoms with Crippen LogP contribution in [0.25, 0.3) is 0 Å². The molecule has 2 aromatic carbocycles. The average molecular weight is 414 g/mol. The number of rotatable bonds is 5. The number of ether oxygens (including phenoxy) is 1. The van der Waals surface area contributed by atoms with E-state index in [-0.39, 0.29) is 6.04 Å². The molecule has 0 bridgehead atoms. The molecule has 0 aromatic heterocycles. The van der Waals surface area contributed by atoms with Gasteiger partial charge in [-0.05, 0) is 54.3 Å². The Morgan fingerprint density at radius 2 is 1.95 bits per heavy atom. The number of hydrogen-bond acceptors (Lipinski definition) is 3. The molecule has 0 fully saturated rings. The van der Waals surface area contributed by atoms with Gasteiger partial charge in [0, 0.05) is 8.95 Å². The van der Waals surface area contributed by atoms with E-state index in [4.69, 9.17) is 10.6 Å². The van der Waals surface area contributed by atoms with E-state index in [9.17, 15) is 0 Å². The summed E-state index contributed by atoms with van der Waals surface area (Å²) in [7, 11) is 1.68. The zero-order valence-electron chi connectivity index (χ0n) is 12.0. The first-order valence-electron chi connectivity index (χ1n) is 6.59. The number of hydrazine groups is 1. The zero-order valence-corrected chi connectivity index (χ0v) is 15.2. The second-order valence-electron chi connectivity index (χ2n) is 4.89. The van der Waals surface area contributed by atoms with Crippen molar-refractivity contribution in [2.24, 2.45) is 5.84 Å². The molecule has 112 valence electrons. The predicted molar refractivity (Wildman–Crippen MR) is 93.3 cm³/mol. The third-order valence-corrected chi connectivity index (χ3v) is 4.84. The molecule has 0 saturated carbocycles. The Morgan fingerprint density at radius 1 is 1.19 bits per heavy atom. The lowest BCUT2D eigenvalue weighted by Crippen LogP contribution is -2.29. The minimum atomic E-state index is 0.0278. The maximum Gasteiger partial charge on any atom is 0.122 e. The Balaban J connectivity index is 2.30. The van der Waals surface area contributed by atoms with Gasteiger partial charge in [-0.25, -0.2) is 0 Å². The maximum absolute atomic E-state index is 5.76. The number of aryl methyl sites for hydroxylation is 1. The molecule has 3 nitrogen and oxygen atoms in total. The highest BCUT2D eigenvalue weighted by Gasteiger charge is 2.14. The van der Waals surface area contributed by atoms with Crippen molar-refractivity contribution in [1.82, 2.24) is 5.43 Å². The first kappa shape index (κ1) is 16.5. The summed E-state index contributed by atoms with van der Waals surface area (Å²) in [5, 5.41) is 0. The Hall–Kier alpha value is -0.880. The van der Waals surface area contributed by atoms with E-state index in [0.717, 1.165) is 32.2 Å². The molecule has 1 atom stereocenters. The lowest BCUT2D eigenvalue weighted by Gasteiger charge is -2.19. The smallest absolute Gasteiger partial charge is 0.122 e. The molecule has 0 radical (unpaired) electrons. The number of nitrogens with one attached hydrogen (secondary N) is 1. The van der Waals surface area contributed by atoms with Crippen molar-refractivity contribution in [3.63, 3.8) is 0 Å². The molecule has 1 unspecified atom stereocenters. The number of halogens is 2. The van der Waals surface area contributed by atoms with Crippen LogP contribution in [0.5, 0.6) is 5.75 Å². The van der Waals surface area contributed by atoms with Crippen LogP contribution in [0.3, 0.4) is 0 Å². The van der Waals surface area contributed by atoms with Crippen molar-refractivity contribution in [1.29, 1.82) is 0 Å². The monoisotopic (exact) mass is 412 g/mol. The van der Waals surface area contributed by atoms with Crippen LogP contribution in [-0.2, 0) is 6.42 Å². The van der Waals surface area contributed by atoms with E-state index in [2.05, 4.69) is 62.4 Å². The van der Waals surface area contributed by atoms with Gasteiger partial charge in [-0.15, -0.1) is 0 Å². The SMILES string of the molecule is COc1ccc(Br)cc1CC(NN)c1ccc(Br)c(C)c1. The Labute approximate surface area is 142 Å². The minimum Gasteiger partial charge on any atom is -0.496 e. The molecule has 0 aliphatic rings. The van der Waals surface area contributed by atoms with Crippen molar-refractivity contribution in [2.75, 3.05) is 7.11 Å². The van der Waals surface area contributed by atoms with Crippen molar-refractivity contribution in [3.8, 4) is 5.75 Å². The lowest BCUT2D eigenvalue weighted by molar-refractivity contribution is 0.405. The third kappa shape index (κ3) is 4.07. The topological polar surface area (TPSA) is 47.3 Å². The largest absolute Gasteiger partial charge is 0.496 e. The van der Waals surface area contributed by atoms with Crippen molar-refractivity contribution in [2.45, 2.75) is 19.4 Å². The highest BCUT2D eigenvalue weighted by molar-refractivity contribution is 9.10. The highest BCUT2D eigenvalue weighted by Crippen LogP contribution is 2.29. The second kappa shape index (κ2) is 7.40. The molecule has 0 amide bonds. The van der Waals surface area contributed by atoms with Crippen LogP contribution in [0.4, 0.5) is 0 Å². The number of nitrogens with two attached hydrogens (primary N) is 1. The number of benzene rings is 2. The molecular weight excluding hydrogens is 396 g/mol. The zero-order chi connectivity index (χ0) is 15.4. The summed E-state index contributed by atoms with van der Waals surface area (Å²) in [4.78, 5) is 0. The summed E-state index contributed by atoms with van der Waals surface area (Å²) in [6.07, 6.45) is 0.750. The fourth-order valence-electron chi connectivity index (χ4n) is 2.28. The average Bonchev–Trinajstić information content (AvgIpc) is 2.48. The van der Waals surface area contributed by atoms with Crippen LogP contribution in [-0.4, -0.2) is 7.11 Å². The molecule has 0 aliphatic carbocycles. The minimum absolute atomic E-state index is 0.0278. The van der Waals surface area contributed by atoms with E-state index in [1.54, 1.807) is 7.11 Å². The van der Waals surface area contributed by atoms with Gasteiger partial charge in [-0.3, -0.25) is 11.3 Å². The van der Waals surface area contributed by atoms with Crippen molar-refractivity contribution < 1.29 is 4.74 Å². The molecule has 5 heteroatoms. The summed E-state index contributed by atoms with van der Waals surface area (Å²) in [5.74, 6) is 6.62. The molecule has 2 rings (SSSR count). The van der Waals surface area contributed by atoms with Gasteiger partial charge < -0.3 is 4.74 Å². The predicted octanol–water partition coefficient (Wildman–Crippen LogP) is 4.28. The summed E-state index contributed by atoms with van der Waals surface area (Å²) in [5.41, 5.74) is 6.35. The molecule has 0 heterocycles. The van der Waals surface area contributed by atoms with E-state index in [1.165, 1.54) is 5.56 Å². The van der Waals surface area contributed by atoms with E-state index in [0.29, 0.717) is 0 Å². The van der Waals surface area contributed by atoms with Crippen LogP contribution in [0.15, 0.2) is 45.3 Å². The van der Waals surface area contributed by atoms with Crippen LogP contribution < -0.4 is 16.0 Å². The first-order valence-corrected chi connectivity index (χ1v) is 8.18. The van der Waals surface area contributed by atoms with Gasteiger partial charge in [0.2, 0.25) is 0 Å². The van der Waals surface area contributed by atoms with Crippen molar-refractivity contribution in [3.05, 3.63) is 62.0 Å². The molecular formula is C16H18Br2N2O. The molecule has 2 aromatic rings. The first-order chi connectivity index (χ1) is 10.0. The van der Waals surface area contributed by atoms with Gasteiger partial charge in [0.25, 0.3) is 0 Å². The lowest BCUT2D eigenvalue weighted by atomic mass is 9.97. The van der Waals surface area contributed by atoms with E-state index < -0.39 is 0 Å². The van der Waals surface area contributed by atoms with Gasteiger partial charge in [-0.2, -0.15) is 0 Å². The second-order valence-corrected chi connectivity index (χ2v) is 6.66. The summed E-state index contributed by atoms with van der Waals surface area (Å²) in [6, 6.07) is 12.3. The van der Waals surface area contributed by atoms with Gasteiger partial charge in [0.1, 0.15) is 5.75 Å². The van der Waals surface area contributed by atoms with E-state index >= 15 is 0 Å². The molecule has 3 N–H and O–H groups in total. The fourth-order valence-corrected chi connectivity index (χ4v) is 2.94. The van der Waals surface area contributed by atoms with Gasteiger partial charge in [0.15, 0.2) is 0 Å². The Kier molecular flexibility index (Phi) is 5.81. The summed E-state index contributed by atoms with van der Waals surface area (Å²) >= 11 is 7.02. The number of hydrogen-bond donors (Lipinski definition) is 2. The molecule has 21 heavy (non-hydrogen) atoms. The van der Waals surface area contributed by atoms with Crippen LogP contribution in [0, 0.1) is 6.92 Å². The van der Waals surface area contributed by atoms with Gasteiger partial charge in [0.05, 0.1) is 13.2 Å². The van der Waals surface area contributed by atoms with Gasteiger partial charge >= 0.3 is 0 Å². The maximum atomic E-state index is 5.76. The van der Waals surface area contributed by atoms with E-state index in [1.807, 2.05) is 18.2 Å². The molecule has 0 aliphatic heterocycles. The highest BCUT2D eigenvalue weighted by atomic mass is 79.9. The van der Waals surface area contributed by atoms with Crippen LogP contribution >= 0.6 is 31.9 Å².